The molecule has 0 saturated heterocycles. The number of hydrogen-bond donors (Lipinski definition) is 2. The van der Waals surface area contributed by atoms with Crippen molar-refractivity contribution in [2.45, 2.75) is 25.3 Å². The minimum atomic E-state index is -0.736. The van der Waals surface area contributed by atoms with Gasteiger partial charge in [-0.05, 0) is 31.2 Å². The molecule has 0 bridgehead atoms. The molecule has 3 rings (SSSR count). The van der Waals surface area contributed by atoms with Gasteiger partial charge in [-0.3, -0.25) is 9.59 Å². The molecule has 2 saturated carbocycles. The first-order valence-corrected chi connectivity index (χ1v) is 5.93. The molecule has 1 amide bonds. The van der Waals surface area contributed by atoms with E-state index in [0.717, 1.165) is 12.8 Å². The molecule has 0 radical (unpaired) electrons. The summed E-state index contributed by atoms with van der Waals surface area (Å²) in [5, 5.41) is 12.0. The highest BCUT2D eigenvalue weighted by molar-refractivity contribution is 5.90. The Balaban J connectivity index is 1.63. The van der Waals surface area contributed by atoms with Crippen molar-refractivity contribution in [3.63, 3.8) is 0 Å². The number of fused-ring (bicyclic) bond motifs is 1. The van der Waals surface area contributed by atoms with Crippen molar-refractivity contribution in [3.05, 3.63) is 24.3 Å². The quantitative estimate of drug-likeness (QED) is 0.809. The van der Waals surface area contributed by atoms with Crippen LogP contribution in [-0.4, -0.2) is 33.0 Å². The number of aromatic nitrogens is 2. The van der Waals surface area contributed by atoms with Crippen molar-refractivity contribution < 1.29 is 14.7 Å². The third-order valence-corrected chi connectivity index (χ3v) is 3.94. The fraction of sp³-hybridized carbons (Fsp3) is 0.500. The van der Waals surface area contributed by atoms with Gasteiger partial charge < -0.3 is 10.4 Å². The van der Waals surface area contributed by atoms with Crippen LogP contribution in [0.4, 0.5) is 0 Å². The predicted molar refractivity (Wildman–Crippen MR) is 60.7 cm³/mol. The van der Waals surface area contributed by atoms with Crippen molar-refractivity contribution in [2.24, 2.45) is 11.3 Å². The summed E-state index contributed by atoms with van der Waals surface area (Å²) in [5.74, 6) is -0.720. The number of carboxylic acids is 1. The highest BCUT2D eigenvalue weighted by Gasteiger charge is 2.65. The Bertz CT molecular complexity index is 505. The van der Waals surface area contributed by atoms with Gasteiger partial charge in [0.15, 0.2) is 0 Å². The number of hydrogen-bond acceptors (Lipinski definition) is 4. The van der Waals surface area contributed by atoms with E-state index in [2.05, 4.69) is 15.3 Å². The maximum atomic E-state index is 11.8. The molecule has 0 spiro atoms. The van der Waals surface area contributed by atoms with Crippen LogP contribution in [0, 0.1) is 11.3 Å². The van der Waals surface area contributed by atoms with E-state index in [1.807, 2.05) is 0 Å². The largest absolute Gasteiger partial charge is 0.481 e. The first-order chi connectivity index (χ1) is 8.62. The molecule has 6 heteroatoms. The van der Waals surface area contributed by atoms with E-state index in [0.29, 0.717) is 6.42 Å². The number of nitrogens with one attached hydrogen (secondary N) is 1. The molecule has 1 aromatic rings. The van der Waals surface area contributed by atoms with E-state index in [1.165, 1.54) is 12.4 Å². The second kappa shape index (κ2) is 3.76. The molecule has 2 aliphatic carbocycles. The van der Waals surface area contributed by atoms with Crippen LogP contribution in [0.2, 0.25) is 0 Å². The summed E-state index contributed by atoms with van der Waals surface area (Å²) in [6.45, 7) is 0. The zero-order valence-electron chi connectivity index (χ0n) is 9.67. The van der Waals surface area contributed by atoms with Crippen molar-refractivity contribution in [3.8, 4) is 0 Å². The number of carbonyl (C=O) groups is 2. The molecule has 1 aromatic heterocycles. The predicted octanol–water partition coefficient (Wildman–Crippen LogP) is 0.460. The lowest BCUT2D eigenvalue weighted by Crippen LogP contribution is -2.36. The maximum absolute atomic E-state index is 11.8. The number of aliphatic carboxylic acids is 1. The fourth-order valence-corrected chi connectivity index (χ4v) is 2.93. The Morgan fingerprint density at radius 2 is 2.06 bits per heavy atom. The van der Waals surface area contributed by atoms with Gasteiger partial charge in [0.2, 0.25) is 5.82 Å². The van der Waals surface area contributed by atoms with Crippen molar-refractivity contribution in [1.82, 2.24) is 15.3 Å². The van der Waals surface area contributed by atoms with Crippen LogP contribution in [0.1, 0.15) is 29.9 Å². The minimum absolute atomic E-state index is 0.0730. The minimum Gasteiger partial charge on any atom is -0.481 e. The summed E-state index contributed by atoms with van der Waals surface area (Å²) in [5.41, 5.74) is -0.574. The van der Waals surface area contributed by atoms with Gasteiger partial charge in [-0.2, -0.15) is 0 Å². The zero-order valence-corrected chi connectivity index (χ0v) is 9.67. The van der Waals surface area contributed by atoms with Gasteiger partial charge in [-0.25, -0.2) is 9.97 Å². The molecule has 2 N–H and O–H groups in total. The standard InChI is InChI=1S/C12H13N3O3/c16-10(9-13-2-1-3-14-9)15-8-4-7-5-12(7,6-8)11(17)18/h1-3,7-8H,4-6H2,(H,15,16)(H,17,18)/t7-,8+,12+/m1/s1. The third-order valence-electron chi connectivity index (χ3n) is 3.94. The van der Waals surface area contributed by atoms with E-state index in [4.69, 9.17) is 5.11 Å². The second-order valence-electron chi connectivity index (χ2n) is 5.04. The van der Waals surface area contributed by atoms with Gasteiger partial charge in [-0.15, -0.1) is 0 Å². The zero-order chi connectivity index (χ0) is 12.8. The topological polar surface area (TPSA) is 92.2 Å². The molecular weight excluding hydrogens is 234 g/mol. The van der Waals surface area contributed by atoms with E-state index in [1.54, 1.807) is 6.07 Å². The number of nitrogens with zero attached hydrogens (tertiary/aromatic N) is 2. The van der Waals surface area contributed by atoms with E-state index in [9.17, 15) is 9.59 Å². The van der Waals surface area contributed by atoms with Crippen molar-refractivity contribution >= 4 is 11.9 Å². The van der Waals surface area contributed by atoms with Crippen molar-refractivity contribution in [1.29, 1.82) is 0 Å². The molecule has 1 heterocycles. The van der Waals surface area contributed by atoms with Gasteiger partial charge in [0.25, 0.3) is 5.91 Å². The van der Waals surface area contributed by atoms with Crippen LogP contribution in [0.15, 0.2) is 18.5 Å². The summed E-state index contributed by atoms with van der Waals surface area (Å²) >= 11 is 0. The van der Waals surface area contributed by atoms with Gasteiger partial charge in [0, 0.05) is 18.4 Å². The Morgan fingerprint density at radius 3 is 2.67 bits per heavy atom. The number of amides is 1. The molecule has 94 valence electrons. The van der Waals surface area contributed by atoms with E-state index >= 15 is 0 Å². The molecule has 0 aliphatic heterocycles. The second-order valence-corrected chi connectivity index (χ2v) is 5.04. The summed E-state index contributed by atoms with van der Waals surface area (Å²) in [4.78, 5) is 30.7. The molecule has 18 heavy (non-hydrogen) atoms. The van der Waals surface area contributed by atoms with Crippen LogP contribution in [0.25, 0.3) is 0 Å². The average molecular weight is 247 g/mol. The fourth-order valence-electron chi connectivity index (χ4n) is 2.93. The maximum Gasteiger partial charge on any atom is 0.310 e. The first kappa shape index (κ1) is 11.1. The Kier molecular flexibility index (Phi) is 2.33. The number of rotatable bonds is 3. The third kappa shape index (κ3) is 1.64. The lowest BCUT2D eigenvalue weighted by atomic mass is 10.0. The summed E-state index contributed by atoms with van der Waals surface area (Å²) in [6.07, 6.45) is 5.02. The molecule has 3 atom stereocenters. The Hall–Kier alpha value is -1.98. The van der Waals surface area contributed by atoms with Crippen LogP contribution >= 0.6 is 0 Å². The average Bonchev–Trinajstić information content (AvgIpc) is 2.94. The van der Waals surface area contributed by atoms with Crippen LogP contribution in [0.3, 0.4) is 0 Å². The van der Waals surface area contributed by atoms with Crippen LogP contribution < -0.4 is 5.32 Å². The SMILES string of the molecule is O=C(N[C@H]1C[C@@H]2C[C@]2(C(=O)O)C1)c1ncccn1. The molecule has 6 nitrogen and oxygen atoms in total. The lowest BCUT2D eigenvalue weighted by Gasteiger charge is -2.15. The normalized spacial score (nSPS) is 32.7. The smallest absolute Gasteiger partial charge is 0.310 e. The van der Waals surface area contributed by atoms with Crippen LogP contribution in [-0.2, 0) is 4.79 Å². The summed E-state index contributed by atoms with van der Waals surface area (Å²) in [7, 11) is 0. The number of carbonyl (C=O) groups excluding carboxylic acids is 1. The summed E-state index contributed by atoms with van der Waals surface area (Å²) < 4.78 is 0. The first-order valence-electron chi connectivity index (χ1n) is 5.93. The summed E-state index contributed by atoms with van der Waals surface area (Å²) in [6, 6.07) is 1.57. The van der Waals surface area contributed by atoms with E-state index in [-0.39, 0.29) is 23.7 Å². The number of carboxylic acid groups (broad SMARTS) is 1. The molecule has 0 unspecified atom stereocenters. The Labute approximate surface area is 103 Å². The highest BCUT2D eigenvalue weighted by atomic mass is 16.4. The highest BCUT2D eigenvalue weighted by Crippen LogP contribution is 2.63. The monoisotopic (exact) mass is 247 g/mol. The van der Waals surface area contributed by atoms with Gasteiger partial charge >= 0.3 is 5.97 Å². The molecular formula is C12H13N3O3. The van der Waals surface area contributed by atoms with Gasteiger partial charge in [0.05, 0.1) is 5.41 Å². The van der Waals surface area contributed by atoms with Gasteiger partial charge in [-0.1, -0.05) is 0 Å². The van der Waals surface area contributed by atoms with Gasteiger partial charge in [0.1, 0.15) is 0 Å². The van der Waals surface area contributed by atoms with E-state index < -0.39 is 11.4 Å². The van der Waals surface area contributed by atoms with Crippen LogP contribution in [0.5, 0.6) is 0 Å². The molecule has 2 aliphatic rings. The molecule has 0 aromatic carbocycles. The molecule has 2 fully saturated rings. The lowest BCUT2D eigenvalue weighted by molar-refractivity contribution is -0.143. The van der Waals surface area contributed by atoms with Crippen molar-refractivity contribution in [2.75, 3.05) is 0 Å². The Morgan fingerprint density at radius 1 is 1.33 bits per heavy atom.